The van der Waals surface area contributed by atoms with Crippen LogP contribution in [-0.2, 0) is 0 Å². The number of imidazole rings is 1. The average Bonchev–Trinajstić information content (AvgIpc) is 3.38. The van der Waals surface area contributed by atoms with Gasteiger partial charge in [-0.1, -0.05) is 48.5 Å². The fourth-order valence-corrected chi connectivity index (χ4v) is 4.53. The molecular formula is C30H26N8O. The van der Waals surface area contributed by atoms with Crippen molar-refractivity contribution in [3.05, 3.63) is 103 Å². The van der Waals surface area contributed by atoms with Crippen LogP contribution >= 0.6 is 0 Å². The summed E-state index contributed by atoms with van der Waals surface area (Å²) in [5.41, 5.74) is 12.1. The molecule has 0 fully saturated rings. The molecule has 3 aromatic carbocycles. The summed E-state index contributed by atoms with van der Waals surface area (Å²) in [4.78, 5) is 22.6. The Bertz CT molecular complexity index is 1800. The van der Waals surface area contributed by atoms with Crippen LogP contribution in [0.2, 0.25) is 0 Å². The second-order valence-electron chi connectivity index (χ2n) is 9.30. The summed E-state index contributed by atoms with van der Waals surface area (Å²) in [5, 5.41) is 14.3. The largest absolute Gasteiger partial charge is 0.507 e. The highest BCUT2D eigenvalue weighted by atomic mass is 16.3. The number of phenols is 1. The van der Waals surface area contributed by atoms with Crippen molar-refractivity contribution < 1.29 is 5.11 Å². The third-order valence-electron chi connectivity index (χ3n) is 6.64. The second kappa shape index (κ2) is 9.86. The monoisotopic (exact) mass is 514 g/mol. The number of aryl methyl sites for hydroxylation is 1. The maximum atomic E-state index is 10.8. The van der Waals surface area contributed by atoms with E-state index in [0.717, 1.165) is 33.4 Å². The molecule has 0 bridgehead atoms. The van der Waals surface area contributed by atoms with Gasteiger partial charge in [0.25, 0.3) is 0 Å². The summed E-state index contributed by atoms with van der Waals surface area (Å²) < 4.78 is 1.91. The number of nitrogens with two attached hydrogens (primary N) is 1. The van der Waals surface area contributed by atoms with Crippen molar-refractivity contribution in [1.82, 2.24) is 29.5 Å². The molecule has 3 heterocycles. The first-order valence-corrected chi connectivity index (χ1v) is 12.5. The molecule has 0 amide bonds. The van der Waals surface area contributed by atoms with Gasteiger partial charge in [0.2, 0.25) is 11.9 Å². The van der Waals surface area contributed by atoms with E-state index in [0.29, 0.717) is 23.0 Å². The minimum atomic E-state index is -0.0391. The Labute approximate surface area is 225 Å². The van der Waals surface area contributed by atoms with Gasteiger partial charge in [-0.25, -0.2) is 19.9 Å². The standard InChI is InChI=1S/C30H26N8O/c1-18-7-6-10-22(28(18)39)24-16-27(37-30(36-24)34-19(2)20-8-4-3-5-9-20)38-17-33-25-15-21(11-12-26(25)38)23-13-14-32-29(31)35-23/h3-17,19,39H,1-2H3,(H2,31,32,35)(H,34,36,37)/t19-/m0/s1. The number of hydrogen-bond donors (Lipinski definition) is 3. The molecule has 0 aliphatic heterocycles. The molecule has 9 heteroatoms. The average molecular weight is 515 g/mol. The van der Waals surface area contributed by atoms with E-state index < -0.39 is 0 Å². The number of anilines is 2. The third kappa shape index (κ3) is 4.73. The van der Waals surface area contributed by atoms with Crippen LogP contribution in [0.5, 0.6) is 5.75 Å². The number of phenolic OH excluding ortho intramolecular Hbond substituents is 1. The van der Waals surface area contributed by atoms with Crippen LogP contribution < -0.4 is 11.1 Å². The lowest BCUT2D eigenvalue weighted by Gasteiger charge is -2.17. The van der Waals surface area contributed by atoms with Gasteiger partial charge in [0.1, 0.15) is 17.9 Å². The minimum Gasteiger partial charge on any atom is -0.507 e. The number of aromatic hydroxyl groups is 1. The number of nitrogens with zero attached hydrogens (tertiary/aromatic N) is 6. The molecule has 0 aliphatic carbocycles. The Morgan fingerprint density at radius 1 is 0.872 bits per heavy atom. The van der Waals surface area contributed by atoms with E-state index in [2.05, 4.69) is 39.3 Å². The molecule has 6 aromatic rings. The van der Waals surface area contributed by atoms with E-state index >= 15 is 0 Å². The Hall–Kier alpha value is -5.31. The SMILES string of the molecule is Cc1cccc(-c2cc(-n3cnc4cc(-c5ccnc(N)n5)ccc43)nc(N[C@@H](C)c3ccccc3)n2)c1O. The number of para-hydroxylation sites is 1. The van der Waals surface area contributed by atoms with Gasteiger partial charge in [0.15, 0.2) is 0 Å². The van der Waals surface area contributed by atoms with Crippen molar-refractivity contribution in [3.63, 3.8) is 0 Å². The number of nitrogens with one attached hydrogen (secondary N) is 1. The number of benzene rings is 3. The quantitative estimate of drug-likeness (QED) is 0.258. The van der Waals surface area contributed by atoms with Crippen molar-refractivity contribution >= 4 is 22.9 Å². The normalized spacial score (nSPS) is 11.9. The maximum absolute atomic E-state index is 10.8. The van der Waals surface area contributed by atoms with Crippen molar-refractivity contribution in [1.29, 1.82) is 0 Å². The Balaban J connectivity index is 1.45. The van der Waals surface area contributed by atoms with E-state index in [1.807, 2.05) is 78.2 Å². The Kier molecular flexibility index (Phi) is 6.08. The van der Waals surface area contributed by atoms with E-state index in [1.54, 1.807) is 12.5 Å². The number of rotatable bonds is 6. The van der Waals surface area contributed by atoms with E-state index in [1.165, 1.54) is 0 Å². The van der Waals surface area contributed by atoms with Crippen LogP contribution in [0.15, 0.2) is 91.4 Å². The molecule has 0 radical (unpaired) electrons. The molecule has 0 saturated carbocycles. The van der Waals surface area contributed by atoms with E-state index in [-0.39, 0.29) is 17.7 Å². The summed E-state index contributed by atoms with van der Waals surface area (Å²) in [6.45, 7) is 3.92. The first kappa shape index (κ1) is 24.1. The predicted octanol–water partition coefficient (Wildman–Crippen LogP) is 5.71. The smallest absolute Gasteiger partial charge is 0.225 e. The highest BCUT2D eigenvalue weighted by molar-refractivity contribution is 5.83. The van der Waals surface area contributed by atoms with Crippen LogP contribution in [0, 0.1) is 6.92 Å². The molecule has 3 aromatic heterocycles. The number of fused-ring (bicyclic) bond motifs is 1. The van der Waals surface area contributed by atoms with Crippen LogP contribution in [0.25, 0.3) is 39.4 Å². The Morgan fingerprint density at radius 3 is 2.54 bits per heavy atom. The Morgan fingerprint density at radius 2 is 1.72 bits per heavy atom. The van der Waals surface area contributed by atoms with Crippen molar-refractivity contribution in [2.75, 3.05) is 11.1 Å². The van der Waals surface area contributed by atoms with Gasteiger partial charge in [-0.2, -0.15) is 4.98 Å². The van der Waals surface area contributed by atoms with Crippen molar-refractivity contribution in [3.8, 4) is 34.1 Å². The fraction of sp³-hybridized carbons (Fsp3) is 0.100. The highest BCUT2D eigenvalue weighted by Gasteiger charge is 2.16. The highest BCUT2D eigenvalue weighted by Crippen LogP contribution is 2.33. The van der Waals surface area contributed by atoms with Gasteiger partial charge in [0, 0.05) is 23.4 Å². The maximum Gasteiger partial charge on any atom is 0.225 e. The molecule has 192 valence electrons. The zero-order valence-electron chi connectivity index (χ0n) is 21.4. The first-order valence-electron chi connectivity index (χ1n) is 12.5. The molecule has 4 N–H and O–H groups in total. The summed E-state index contributed by atoms with van der Waals surface area (Å²) in [6.07, 6.45) is 3.37. The lowest BCUT2D eigenvalue weighted by atomic mass is 10.1. The second-order valence-corrected chi connectivity index (χ2v) is 9.30. The van der Waals surface area contributed by atoms with Gasteiger partial charge in [-0.05, 0) is 49.2 Å². The molecule has 0 spiro atoms. The summed E-state index contributed by atoms with van der Waals surface area (Å²) >= 11 is 0. The van der Waals surface area contributed by atoms with Gasteiger partial charge in [-0.3, -0.25) is 4.57 Å². The first-order chi connectivity index (χ1) is 19.0. The minimum absolute atomic E-state index is 0.0391. The molecule has 0 aliphatic rings. The zero-order valence-corrected chi connectivity index (χ0v) is 21.4. The lowest BCUT2D eigenvalue weighted by molar-refractivity contribution is 0.473. The fourth-order valence-electron chi connectivity index (χ4n) is 4.53. The molecule has 1 atom stereocenters. The molecule has 39 heavy (non-hydrogen) atoms. The summed E-state index contributed by atoms with van der Waals surface area (Å²) in [5.74, 6) is 1.46. The van der Waals surface area contributed by atoms with Crippen LogP contribution in [-0.4, -0.2) is 34.6 Å². The molecule has 0 saturated heterocycles. The molecule has 0 unspecified atom stereocenters. The molecule has 6 rings (SSSR count). The topological polar surface area (TPSA) is 128 Å². The van der Waals surface area contributed by atoms with Crippen LogP contribution in [0.4, 0.5) is 11.9 Å². The van der Waals surface area contributed by atoms with Crippen molar-refractivity contribution in [2.45, 2.75) is 19.9 Å². The van der Waals surface area contributed by atoms with E-state index in [9.17, 15) is 5.11 Å². The van der Waals surface area contributed by atoms with Gasteiger partial charge in [0.05, 0.1) is 28.5 Å². The molecular weight excluding hydrogens is 488 g/mol. The lowest BCUT2D eigenvalue weighted by Crippen LogP contribution is -2.11. The molecule has 9 nitrogen and oxygen atoms in total. The van der Waals surface area contributed by atoms with Crippen molar-refractivity contribution in [2.24, 2.45) is 0 Å². The predicted molar refractivity (Wildman–Crippen MR) is 152 cm³/mol. The van der Waals surface area contributed by atoms with Crippen LogP contribution in [0.1, 0.15) is 24.1 Å². The summed E-state index contributed by atoms with van der Waals surface area (Å²) in [7, 11) is 0. The number of aromatic nitrogens is 6. The van der Waals surface area contributed by atoms with Crippen LogP contribution in [0.3, 0.4) is 0 Å². The number of nitrogen functional groups attached to an aromatic ring is 1. The zero-order chi connectivity index (χ0) is 26.9. The van der Waals surface area contributed by atoms with E-state index in [4.69, 9.17) is 15.7 Å². The van der Waals surface area contributed by atoms with Gasteiger partial charge in [-0.15, -0.1) is 0 Å². The number of hydrogen-bond acceptors (Lipinski definition) is 8. The van der Waals surface area contributed by atoms with Gasteiger partial charge >= 0.3 is 0 Å². The summed E-state index contributed by atoms with van der Waals surface area (Å²) in [6, 6.07) is 25.2. The van der Waals surface area contributed by atoms with Gasteiger partial charge < -0.3 is 16.2 Å². The third-order valence-corrected chi connectivity index (χ3v) is 6.64.